The van der Waals surface area contributed by atoms with E-state index in [1.54, 1.807) is 6.20 Å². The predicted molar refractivity (Wildman–Crippen MR) is 128 cm³/mol. The van der Waals surface area contributed by atoms with Gasteiger partial charge in [0.15, 0.2) is 0 Å². The monoisotopic (exact) mass is 434 g/mol. The summed E-state index contributed by atoms with van der Waals surface area (Å²) >= 11 is 0. The summed E-state index contributed by atoms with van der Waals surface area (Å²) in [6.07, 6.45) is 2.62. The summed E-state index contributed by atoms with van der Waals surface area (Å²) in [5, 5.41) is 5.79. The summed E-state index contributed by atoms with van der Waals surface area (Å²) in [6, 6.07) is 11.9. The average Bonchev–Trinajstić information content (AvgIpc) is 2.71. The van der Waals surface area contributed by atoms with Gasteiger partial charge in [0.25, 0.3) is 0 Å². The molecule has 0 aliphatic heterocycles. The van der Waals surface area contributed by atoms with Crippen LogP contribution in [-0.2, 0) is 16.0 Å². The number of hydrogen-bond donors (Lipinski definition) is 3. The molecule has 0 aliphatic carbocycles. The molecule has 0 saturated heterocycles. The van der Waals surface area contributed by atoms with E-state index in [0.717, 1.165) is 11.1 Å². The summed E-state index contributed by atoms with van der Waals surface area (Å²) in [5.41, 5.74) is 8.08. The molecular weight excluding hydrogens is 400 g/mol. The number of nitrogens with one attached hydrogen (secondary N) is 2. The highest BCUT2D eigenvalue weighted by Crippen LogP contribution is 2.10. The molecule has 2 rings (SSSR count). The molecule has 0 fully saturated rings. The maximum atomic E-state index is 12.9. The molecule has 6 nitrogen and oxygen atoms in total. The van der Waals surface area contributed by atoms with Crippen molar-refractivity contribution in [1.29, 1.82) is 0 Å². The Balaban J connectivity index is 2.13. The number of nitrogens with zero attached hydrogens (tertiary/aromatic N) is 1. The maximum Gasteiger partial charge on any atom is 0.243 e. The first-order chi connectivity index (χ1) is 15.0. The summed E-state index contributed by atoms with van der Waals surface area (Å²) in [5.74, 6) is 5.85. The van der Waals surface area contributed by atoms with Crippen LogP contribution in [0.25, 0.3) is 0 Å². The molecule has 2 unspecified atom stereocenters. The van der Waals surface area contributed by atoms with Gasteiger partial charge in [0.2, 0.25) is 11.8 Å². The lowest BCUT2D eigenvalue weighted by Crippen LogP contribution is -2.55. The van der Waals surface area contributed by atoms with E-state index in [0.29, 0.717) is 18.5 Å². The van der Waals surface area contributed by atoms with E-state index < -0.39 is 17.6 Å². The standard InChI is InChI=1S/C26H34N4O2/c1-18(2)16-22(27)24(31)29-23(25(32)30-26(3,4)5)17-20-11-9-19(10-12-20)13-14-21-8-6-7-15-28-21/h6-12,15,18,22-23H,16-17,27H2,1-5H3,(H,29,31)(H,30,32). The topological polar surface area (TPSA) is 97.1 Å². The highest BCUT2D eigenvalue weighted by molar-refractivity contribution is 5.90. The second-order valence-corrected chi connectivity index (χ2v) is 9.40. The fraction of sp³-hybridized carbons (Fsp3) is 0.423. The Kier molecular flexibility index (Phi) is 8.98. The molecule has 1 heterocycles. The van der Waals surface area contributed by atoms with E-state index in [-0.39, 0.29) is 17.7 Å². The lowest BCUT2D eigenvalue weighted by Gasteiger charge is -2.26. The van der Waals surface area contributed by atoms with Crippen molar-refractivity contribution in [1.82, 2.24) is 15.6 Å². The van der Waals surface area contributed by atoms with Crippen LogP contribution < -0.4 is 16.4 Å². The normalized spacial score (nSPS) is 13.0. The molecule has 4 N–H and O–H groups in total. The minimum atomic E-state index is -0.717. The van der Waals surface area contributed by atoms with E-state index in [4.69, 9.17) is 5.73 Å². The Morgan fingerprint density at radius 3 is 2.28 bits per heavy atom. The van der Waals surface area contributed by atoms with Crippen LogP contribution in [0.15, 0.2) is 48.7 Å². The van der Waals surface area contributed by atoms with Gasteiger partial charge in [-0.1, -0.05) is 38.0 Å². The zero-order valence-electron chi connectivity index (χ0n) is 19.6. The molecule has 2 amide bonds. The van der Waals surface area contributed by atoms with E-state index in [1.807, 2.05) is 77.1 Å². The number of amides is 2. The Morgan fingerprint density at radius 1 is 1.03 bits per heavy atom. The van der Waals surface area contributed by atoms with Crippen molar-refractivity contribution in [2.45, 2.75) is 65.1 Å². The number of carbonyl (C=O) groups excluding carboxylic acids is 2. The third-order valence-electron chi connectivity index (χ3n) is 4.59. The molecule has 2 atom stereocenters. The highest BCUT2D eigenvalue weighted by Gasteiger charge is 2.27. The number of aromatic nitrogens is 1. The maximum absolute atomic E-state index is 12.9. The van der Waals surface area contributed by atoms with Crippen LogP contribution in [0.5, 0.6) is 0 Å². The van der Waals surface area contributed by atoms with Crippen LogP contribution in [0, 0.1) is 17.8 Å². The SMILES string of the molecule is CC(C)CC(N)C(=O)NC(Cc1ccc(C#Cc2ccccn2)cc1)C(=O)NC(C)(C)C. The summed E-state index contributed by atoms with van der Waals surface area (Å²) in [7, 11) is 0. The summed E-state index contributed by atoms with van der Waals surface area (Å²) < 4.78 is 0. The second-order valence-electron chi connectivity index (χ2n) is 9.40. The smallest absolute Gasteiger partial charge is 0.243 e. The molecule has 0 radical (unpaired) electrons. The quantitative estimate of drug-likeness (QED) is 0.584. The van der Waals surface area contributed by atoms with Gasteiger partial charge in [-0.3, -0.25) is 9.59 Å². The van der Waals surface area contributed by atoms with Gasteiger partial charge >= 0.3 is 0 Å². The van der Waals surface area contributed by atoms with Gasteiger partial charge in [-0.05, 0) is 68.9 Å². The van der Waals surface area contributed by atoms with Crippen LogP contribution in [0.2, 0.25) is 0 Å². The molecule has 0 bridgehead atoms. The Labute approximate surface area is 191 Å². The van der Waals surface area contributed by atoms with Gasteiger partial charge in [0.05, 0.1) is 6.04 Å². The Bertz CT molecular complexity index is 951. The second kappa shape index (κ2) is 11.4. The number of rotatable bonds is 7. The van der Waals surface area contributed by atoms with Crippen LogP contribution >= 0.6 is 0 Å². The van der Waals surface area contributed by atoms with Crippen LogP contribution in [-0.4, -0.2) is 34.4 Å². The molecule has 1 aromatic carbocycles. The minimum absolute atomic E-state index is 0.235. The highest BCUT2D eigenvalue weighted by atomic mass is 16.2. The third-order valence-corrected chi connectivity index (χ3v) is 4.59. The molecule has 6 heteroatoms. The van der Waals surface area contributed by atoms with Crippen molar-refractivity contribution in [3.63, 3.8) is 0 Å². The van der Waals surface area contributed by atoms with E-state index in [9.17, 15) is 9.59 Å². The fourth-order valence-corrected chi connectivity index (χ4v) is 3.09. The van der Waals surface area contributed by atoms with Crippen molar-refractivity contribution >= 4 is 11.8 Å². The van der Waals surface area contributed by atoms with Gasteiger partial charge in [-0.15, -0.1) is 0 Å². The first kappa shape index (κ1) is 25.1. The Morgan fingerprint density at radius 2 is 1.72 bits per heavy atom. The zero-order chi connectivity index (χ0) is 23.7. The number of benzene rings is 1. The molecule has 170 valence electrons. The van der Waals surface area contributed by atoms with Gasteiger partial charge < -0.3 is 16.4 Å². The molecule has 32 heavy (non-hydrogen) atoms. The molecule has 1 aromatic heterocycles. The Hall–Kier alpha value is -3.17. The molecule has 0 saturated carbocycles. The van der Waals surface area contributed by atoms with Gasteiger partial charge in [0.1, 0.15) is 11.7 Å². The van der Waals surface area contributed by atoms with Crippen molar-refractivity contribution in [2.75, 3.05) is 0 Å². The molecule has 2 aromatic rings. The molecule has 0 spiro atoms. The molecule has 0 aliphatic rings. The van der Waals surface area contributed by atoms with Crippen LogP contribution in [0.3, 0.4) is 0 Å². The predicted octanol–water partition coefficient (Wildman–Crippen LogP) is 2.80. The van der Waals surface area contributed by atoms with Gasteiger partial charge in [-0.25, -0.2) is 4.98 Å². The van der Waals surface area contributed by atoms with Crippen molar-refractivity contribution < 1.29 is 9.59 Å². The summed E-state index contributed by atoms with van der Waals surface area (Å²) in [6.45, 7) is 9.74. The lowest BCUT2D eigenvalue weighted by molar-refractivity contribution is -0.130. The van der Waals surface area contributed by atoms with Gasteiger partial charge in [0, 0.05) is 23.7 Å². The largest absolute Gasteiger partial charge is 0.350 e. The first-order valence-electron chi connectivity index (χ1n) is 10.9. The van der Waals surface area contributed by atoms with Crippen molar-refractivity contribution in [3.8, 4) is 11.8 Å². The lowest BCUT2D eigenvalue weighted by atomic mass is 10.00. The van der Waals surface area contributed by atoms with E-state index >= 15 is 0 Å². The minimum Gasteiger partial charge on any atom is -0.350 e. The number of nitrogens with two attached hydrogens (primary N) is 1. The molecular formula is C26H34N4O2. The average molecular weight is 435 g/mol. The fourth-order valence-electron chi connectivity index (χ4n) is 3.09. The summed E-state index contributed by atoms with van der Waals surface area (Å²) in [4.78, 5) is 29.6. The van der Waals surface area contributed by atoms with E-state index in [2.05, 4.69) is 27.5 Å². The van der Waals surface area contributed by atoms with E-state index in [1.165, 1.54) is 0 Å². The number of carbonyl (C=O) groups is 2. The van der Waals surface area contributed by atoms with Crippen molar-refractivity contribution in [3.05, 3.63) is 65.5 Å². The first-order valence-corrected chi connectivity index (χ1v) is 10.9. The number of pyridine rings is 1. The number of hydrogen-bond acceptors (Lipinski definition) is 4. The third kappa shape index (κ3) is 8.91. The van der Waals surface area contributed by atoms with Crippen LogP contribution in [0.4, 0.5) is 0 Å². The zero-order valence-corrected chi connectivity index (χ0v) is 19.6. The van der Waals surface area contributed by atoms with Crippen molar-refractivity contribution in [2.24, 2.45) is 11.7 Å². The van der Waals surface area contributed by atoms with Crippen LogP contribution in [0.1, 0.15) is 57.9 Å². The van der Waals surface area contributed by atoms with Gasteiger partial charge in [-0.2, -0.15) is 0 Å².